The first-order valence-electron chi connectivity index (χ1n) is 8.97. The lowest BCUT2D eigenvalue weighted by Gasteiger charge is -2.13. The number of hydrogen-bond donors (Lipinski definition) is 1. The summed E-state index contributed by atoms with van der Waals surface area (Å²) in [7, 11) is -3.73. The predicted molar refractivity (Wildman–Crippen MR) is 103 cm³/mol. The van der Waals surface area contributed by atoms with Gasteiger partial charge in [0.2, 0.25) is 11.8 Å². The van der Waals surface area contributed by atoms with Crippen molar-refractivity contribution in [2.24, 2.45) is 0 Å². The molecule has 7 nitrogen and oxygen atoms in total. The molecule has 0 aliphatic heterocycles. The van der Waals surface area contributed by atoms with Crippen molar-refractivity contribution in [2.45, 2.75) is 36.5 Å². The molecule has 0 aliphatic rings. The third-order valence-corrected chi connectivity index (χ3v) is 5.87. The van der Waals surface area contributed by atoms with Crippen LogP contribution in [-0.4, -0.2) is 24.5 Å². The molecule has 3 rings (SSSR count). The number of hydrogen-bond acceptors (Lipinski definition) is 6. The molecule has 29 heavy (non-hydrogen) atoms. The van der Waals surface area contributed by atoms with E-state index in [1.54, 1.807) is 0 Å². The third kappa shape index (κ3) is 5.71. The number of sulfone groups is 1. The number of aromatic nitrogens is 2. The van der Waals surface area contributed by atoms with Gasteiger partial charge in [-0.25, -0.2) is 12.8 Å². The number of halogens is 1. The zero-order valence-electron chi connectivity index (χ0n) is 15.7. The molecule has 1 heterocycles. The van der Waals surface area contributed by atoms with Crippen molar-refractivity contribution in [3.8, 4) is 0 Å². The maximum atomic E-state index is 13.0. The first-order chi connectivity index (χ1) is 13.8. The molecule has 1 atom stereocenters. The van der Waals surface area contributed by atoms with Gasteiger partial charge in [-0.2, -0.15) is 4.98 Å². The lowest BCUT2D eigenvalue weighted by atomic mass is 10.1. The average Bonchev–Trinajstić information content (AvgIpc) is 3.14. The molecule has 0 bridgehead atoms. The number of nitrogens with one attached hydrogen (secondary N) is 1. The Hall–Kier alpha value is -3.07. The van der Waals surface area contributed by atoms with E-state index in [0.717, 1.165) is 17.7 Å². The van der Waals surface area contributed by atoms with Gasteiger partial charge in [-0.05, 0) is 36.8 Å². The van der Waals surface area contributed by atoms with E-state index in [4.69, 9.17) is 4.52 Å². The van der Waals surface area contributed by atoms with E-state index in [1.807, 2.05) is 37.3 Å². The molecule has 1 unspecified atom stereocenters. The largest absolute Gasteiger partial charge is 0.350 e. The fourth-order valence-corrected chi connectivity index (χ4v) is 3.88. The summed E-state index contributed by atoms with van der Waals surface area (Å²) in [5.74, 6) is -1.01. The number of amides is 1. The molecule has 0 aliphatic carbocycles. The molecular weight excluding hydrogens is 397 g/mol. The summed E-state index contributed by atoms with van der Waals surface area (Å²) in [5.41, 5.74) is 0.993. The van der Waals surface area contributed by atoms with E-state index in [9.17, 15) is 17.6 Å². The molecule has 0 spiro atoms. The quantitative estimate of drug-likeness (QED) is 0.565. The maximum absolute atomic E-state index is 13.0. The molecule has 152 valence electrons. The predicted octanol–water partition coefficient (Wildman–Crippen LogP) is 2.99. The van der Waals surface area contributed by atoms with Crippen molar-refractivity contribution in [1.82, 2.24) is 15.5 Å². The summed E-state index contributed by atoms with van der Waals surface area (Å²) in [6.07, 6.45) is 0.320. The molecule has 0 saturated heterocycles. The minimum Gasteiger partial charge on any atom is -0.350 e. The highest BCUT2D eigenvalue weighted by Crippen LogP contribution is 2.16. The van der Waals surface area contributed by atoms with Crippen LogP contribution in [-0.2, 0) is 26.8 Å². The van der Waals surface area contributed by atoms with Crippen molar-refractivity contribution in [1.29, 1.82) is 0 Å². The van der Waals surface area contributed by atoms with Gasteiger partial charge in [0.15, 0.2) is 15.7 Å². The Morgan fingerprint density at radius 3 is 2.52 bits per heavy atom. The van der Waals surface area contributed by atoms with E-state index in [1.165, 1.54) is 12.1 Å². The zero-order valence-corrected chi connectivity index (χ0v) is 16.5. The van der Waals surface area contributed by atoms with Crippen LogP contribution in [0.2, 0.25) is 0 Å². The molecule has 0 saturated carbocycles. The lowest BCUT2D eigenvalue weighted by Crippen LogP contribution is -2.26. The Kier molecular flexibility index (Phi) is 6.38. The highest BCUT2D eigenvalue weighted by Gasteiger charge is 2.20. The summed E-state index contributed by atoms with van der Waals surface area (Å²) >= 11 is 0. The first-order valence-corrected chi connectivity index (χ1v) is 10.6. The lowest BCUT2D eigenvalue weighted by molar-refractivity contribution is -0.121. The monoisotopic (exact) mass is 417 g/mol. The van der Waals surface area contributed by atoms with Crippen LogP contribution in [0.3, 0.4) is 0 Å². The van der Waals surface area contributed by atoms with E-state index in [2.05, 4.69) is 15.5 Å². The molecule has 1 N–H and O–H groups in total. The summed E-state index contributed by atoms with van der Waals surface area (Å²) in [6.45, 7) is 1.89. The minimum atomic E-state index is -3.73. The van der Waals surface area contributed by atoms with Gasteiger partial charge < -0.3 is 9.84 Å². The van der Waals surface area contributed by atoms with Crippen molar-refractivity contribution in [3.05, 3.63) is 77.7 Å². The fourth-order valence-electron chi connectivity index (χ4n) is 2.70. The minimum absolute atomic E-state index is 0.0117. The number of carbonyl (C=O) groups is 1. The highest BCUT2D eigenvalue weighted by molar-refractivity contribution is 7.90. The zero-order chi connectivity index (χ0) is 20.9. The maximum Gasteiger partial charge on any atom is 0.227 e. The third-order valence-electron chi connectivity index (χ3n) is 4.25. The number of aryl methyl sites for hydroxylation is 1. The van der Waals surface area contributed by atoms with Crippen LogP contribution in [0, 0.1) is 5.82 Å². The van der Waals surface area contributed by atoms with E-state index < -0.39 is 21.4 Å². The van der Waals surface area contributed by atoms with Gasteiger partial charge in [0, 0.05) is 12.8 Å². The molecule has 9 heteroatoms. The van der Waals surface area contributed by atoms with E-state index in [0.29, 0.717) is 0 Å². The van der Waals surface area contributed by atoms with Crippen molar-refractivity contribution in [2.75, 3.05) is 0 Å². The second kappa shape index (κ2) is 8.95. The van der Waals surface area contributed by atoms with Gasteiger partial charge in [0.05, 0.1) is 10.9 Å². The van der Waals surface area contributed by atoms with Crippen molar-refractivity contribution in [3.63, 3.8) is 0 Å². The fraction of sp³-hybridized carbons (Fsp3) is 0.250. The van der Waals surface area contributed by atoms with Crippen LogP contribution >= 0.6 is 0 Å². The molecule has 1 amide bonds. The Bertz CT molecular complexity index is 1070. The topological polar surface area (TPSA) is 102 Å². The molecule has 0 radical (unpaired) electrons. The van der Waals surface area contributed by atoms with Gasteiger partial charge in [0.25, 0.3) is 0 Å². The van der Waals surface area contributed by atoms with E-state index >= 15 is 0 Å². The van der Waals surface area contributed by atoms with Crippen molar-refractivity contribution < 1.29 is 22.1 Å². The second-order valence-electron chi connectivity index (χ2n) is 6.52. The average molecular weight is 417 g/mol. The Labute approximate surface area is 167 Å². The Morgan fingerprint density at radius 1 is 1.14 bits per heavy atom. The van der Waals surface area contributed by atoms with Crippen LogP contribution in [0.4, 0.5) is 4.39 Å². The van der Waals surface area contributed by atoms with Crippen LogP contribution in [0.1, 0.15) is 36.7 Å². The normalized spacial score (nSPS) is 12.5. The summed E-state index contributed by atoms with van der Waals surface area (Å²) in [6, 6.07) is 13.9. The van der Waals surface area contributed by atoms with Crippen LogP contribution in [0.5, 0.6) is 0 Å². The van der Waals surface area contributed by atoms with Crippen LogP contribution < -0.4 is 5.32 Å². The van der Waals surface area contributed by atoms with Crippen LogP contribution in [0.25, 0.3) is 0 Å². The second-order valence-corrected chi connectivity index (χ2v) is 8.51. The number of rotatable bonds is 8. The molecule has 0 fully saturated rings. The van der Waals surface area contributed by atoms with Gasteiger partial charge in [-0.3, -0.25) is 4.79 Å². The Balaban J connectivity index is 1.53. The van der Waals surface area contributed by atoms with Gasteiger partial charge >= 0.3 is 0 Å². The standard InChI is InChI=1S/C20H20FN3O4S/c1-14(15-5-3-2-4-6-15)22-19(25)11-12-20-23-18(24-28-20)13-29(26,27)17-9-7-16(21)8-10-17/h2-10,14H,11-13H2,1H3,(H,22,25). The number of benzene rings is 2. The molecule has 2 aromatic carbocycles. The van der Waals surface area contributed by atoms with Crippen LogP contribution in [0.15, 0.2) is 64.0 Å². The molecular formula is C20H20FN3O4S. The van der Waals surface area contributed by atoms with Crippen molar-refractivity contribution >= 4 is 15.7 Å². The highest BCUT2D eigenvalue weighted by atomic mass is 32.2. The van der Waals surface area contributed by atoms with Gasteiger partial charge in [-0.1, -0.05) is 35.5 Å². The summed E-state index contributed by atoms with van der Waals surface area (Å²) in [5, 5.41) is 6.54. The van der Waals surface area contributed by atoms with E-state index in [-0.39, 0.29) is 41.4 Å². The smallest absolute Gasteiger partial charge is 0.227 e. The number of carbonyl (C=O) groups excluding carboxylic acids is 1. The Morgan fingerprint density at radius 2 is 1.83 bits per heavy atom. The SMILES string of the molecule is CC(NC(=O)CCc1nc(CS(=O)(=O)c2ccc(F)cc2)no1)c1ccccc1. The summed E-state index contributed by atoms with van der Waals surface area (Å²) in [4.78, 5) is 16.1. The van der Waals surface area contributed by atoms with Gasteiger partial charge in [-0.15, -0.1) is 0 Å². The molecule has 3 aromatic rings. The molecule has 1 aromatic heterocycles. The summed E-state index contributed by atoms with van der Waals surface area (Å²) < 4.78 is 42.7. The first kappa shape index (κ1) is 20.7. The van der Waals surface area contributed by atoms with Gasteiger partial charge in [0.1, 0.15) is 11.6 Å². The number of nitrogens with zero attached hydrogens (tertiary/aromatic N) is 2.